The van der Waals surface area contributed by atoms with E-state index >= 15 is 0 Å². The number of rotatable bonds is 3. The van der Waals surface area contributed by atoms with Crippen LogP contribution in [0.4, 0.5) is 0 Å². The van der Waals surface area contributed by atoms with Crippen LogP contribution in [-0.4, -0.2) is 28.4 Å². The maximum Gasteiger partial charge on any atom is 0.371 e. The van der Waals surface area contributed by atoms with Gasteiger partial charge in [-0.2, -0.15) is 0 Å². The molecule has 2 heterocycles. The van der Waals surface area contributed by atoms with Crippen LogP contribution in [0.5, 0.6) is 0 Å². The maximum absolute atomic E-state index is 11.8. The summed E-state index contributed by atoms with van der Waals surface area (Å²) in [6, 6.07) is 1.51. The number of carbonyl (C=O) groups excluding carboxylic acids is 1. The number of amides is 1. The molecule has 2 rings (SSSR count). The van der Waals surface area contributed by atoms with Crippen molar-refractivity contribution in [1.82, 2.24) is 4.90 Å². The van der Waals surface area contributed by atoms with Crippen LogP contribution in [0.2, 0.25) is 0 Å². The summed E-state index contributed by atoms with van der Waals surface area (Å²) in [4.78, 5) is 24.4. The fourth-order valence-electron chi connectivity index (χ4n) is 2.19. The Balaban J connectivity index is 2.12. The molecule has 0 aliphatic carbocycles. The number of nitrogens with zero attached hydrogens (tertiary/aromatic N) is 1. The van der Waals surface area contributed by atoms with Gasteiger partial charge >= 0.3 is 5.97 Å². The third-order valence-electron chi connectivity index (χ3n) is 3.26. The van der Waals surface area contributed by atoms with E-state index in [1.807, 2.05) is 0 Å². The fourth-order valence-corrected chi connectivity index (χ4v) is 2.19. The fraction of sp³-hybridized carbons (Fsp3) is 0.538. The molecular weight excluding hydrogens is 234 g/mol. The normalized spacial score (nSPS) is 16.7. The van der Waals surface area contributed by atoms with Crippen LogP contribution in [-0.2, 0) is 11.3 Å². The van der Waals surface area contributed by atoms with E-state index in [2.05, 4.69) is 0 Å². The molecule has 1 fully saturated rings. The van der Waals surface area contributed by atoms with Crippen LogP contribution in [0, 0.1) is 6.92 Å². The van der Waals surface area contributed by atoms with Gasteiger partial charge in [-0.05, 0) is 25.8 Å². The highest BCUT2D eigenvalue weighted by Gasteiger charge is 2.20. The first kappa shape index (κ1) is 12.7. The zero-order valence-corrected chi connectivity index (χ0v) is 10.4. The van der Waals surface area contributed by atoms with E-state index in [0.717, 1.165) is 31.4 Å². The summed E-state index contributed by atoms with van der Waals surface area (Å²) in [5.41, 5.74) is 0.780. The molecule has 1 aliphatic rings. The molecule has 98 valence electrons. The minimum Gasteiger partial charge on any atom is -0.475 e. The Morgan fingerprint density at radius 3 is 2.89 bits per heavy atom. The first-order chi connectivity index (χ1) is 8.58. The SMILES string of the molecule is Cc1oc(C(=O)O)cc1CN1CCCCCC1=O. The minimum absolute atomic E-state index is 0.0650. The van der Waals surface area contributed by atoms with Gasteiger partial charge in [0.15, 0.2) is 0 Å². The van der Waals surface area contributed by atoms with Crippen LogP contribution < -0.4 is 0 Å². The number of aryl methyl sites for hydroxylation is 1. The average Bonchev–Trinajstić information content (AvgIpc) is 2.56. The van der Waals surface area contributed by atoms with Crippen molar-refractivity contribution in [2.45, 2.75) is 39.2 Å². The lowest BCUT2D eigenvalue weighted by Gasteiger charge is -2.19. The molecule has 18 heavy (non-hydrogen) atoms. The van der Waals surface area contributed by atoms with Crippen molar-refractivity contribution in [3.05, 3.63) is 23.2 Å². The number of hydrogen-bond donors (Lipinski definition) is 1. The molecular formula is C13H17NO4. The number of furan rings is 1. The topological polar surface area (TPSA) is 70.8 Å². The van der Waals surface area contributed by atoms with Crippen molar-refractivity contribution in [3.8, 4) is 0 Å². The van der Waals surface area contributed by atoms with Gasteiger partial charge in [-0.25, -0.2) is 4.79 Å². The molecule has 0 radical (unpaired) electrons. The smallest absolute Gasteiger partial charge is 0.371 e. The van der Waals surface area contributed by atoms with Crippen molar-refractivity contribution in [1.29, 1.82) is 0 Å². The first-order valence-corrected chi connectivity index (χ1v) is 6.18. The quantitative estimate of drug-likeness (QED) is 0.893. The average molecular weight is 251 g/mol. The predicted molar refractivity (Wildman–Crippen MR) is 64.3 cm³/mol. The van der Waals surface area contributed by atoms with Gasteiger partial charge in [0.2, 0.25) is 11.7 Å². The minimum atomic E-state index is -1.08. The first-order valence-electron chi connectivity index (χ1n) is 6.18. The molecule has 1 aromatic heterocycles. The summed E-state index contributed by atoms with van der Waals surface area (Å²) in [6.45, 7) is 2.91. The highest BCUT2D eigenvalue weighted by atomic mass is 16.4. The Labute approximate surface area is 105 Å². The molecule has 0 unspecified atom stereocenters. The number of hydrogen-bond acceptors (Lipinski definition) is 3. The van der Waals surface area contributed by atoms with Crippen LogP contribution >= 0.6 is 0 Å². The third-order valence-corrected chi connectivity index (χ3v) is 3.26. The van der Waals surface area contributed by atoms with Crippen LogP contribution in [0.15, 0.2) is 10.5 Å². The van der Waals surface area contributed by atoms with Gasteiger partial charge < -0.3 is 14.4 Å². The van der Waals surface area contributed by atoms with Crippen LogP contribution in [0.1, 0.15) is 47.6 Å². The Morgan fingerprint density at radius 1 is 1.44 bits per heavy atom. The number of carbonyl (C=O) groups is 2. The van der Waals surface area contributed by atoms with Crippen molar-refractivity contribution >= 4 is 11.9 Å². The van der Waals surface area contributed by atoms with E-state index in [4.69, 9.17) is 9.52 Å². The number of carboxylic acid groups (broad SMARTS) is 1. The molecule has 1 N–H and O–H groups in total. The second kappa shape index (κ2) is 5.25. The maximum atomic E-state index is 11.8. The lowest BCUT2D eigenvalue weighted by atomic mass is 10.2. The number of carboxylic acids is 1. The van der Waals surface area contributed by atoms with E-state index < -0.39 is 5.97 Å². The van der Waals surface area contributed by atoms with Gasteiger partial charge in [-0.1, -0.05) is 6.42 Å². The Hall–Kier alpha value is -1.78. The Bertz CT molecular complexity index is 464. The van der Waals surface area contributed by atoms with Crippen molar-refractivity contribution < 1.29 is 19.1 Å². The largest absolute Gasteiger partial charge is 0.475 e. The van der Waals surface area contributed by atoms with Crippen molar-refractivity contribution in [3.63, 3.8) is 0 Å². The van der Waals surface area contributed by atoms with E-state index in [1.165, 1.54) is 6.07 Å². The number of aromatic carboxylic acids is 1. The summed E-state index contributed by atoms with van der Waals surface area (Å²) >= 11 is 0. The Kier molecular flexibility index (Phi) is 3.69. The van der Waals surface area contributed by atoms with Gasteiger partial charge in [0, 0.05) is 25.1 Å². The third kappa shape index (κ3) is 2.72. The molecule has 0 spiro atoms. The second-order valence-corrected chi connectivity index (χ2v) is 4.62. The summed E-state index contributed by atoms with van der Waals surface area (Å²) in [6.07, 6.45) is 3.62. The Morgan fingerprint density at radius 2 is 2.22 bits per heavy atom. The van der Waals surface area contributed by atoms with E-state index in [-0.39, 0.29) is 11.7 Å². The molecule has 1 aromatic rings. The molecule has 0 saturated carbocycles. The molecule has 0 atom stereocenters. The highest BCUT2D eigenvalue weighted by Crippen LogP contribution is 2.19. The molecule has 0 aromatic carbocycles. The van der Waals surface area contributed by atoms with E-state index in [1.54, 1.807) is 11.8 Å². The molecule has 1 amide bonds. The highest BCUT2D eigenvalue weighted by molar-refractivity contribution is 5.84. The summed E-state index contributed by atoms with van der Waals surface area (Å²) in [5, 5.41) is 8.85. The molecule has 0 bridgehead atoms. The number of likely N-dealkylation sites (tertiary alicyclic amines) is 1. The van der Waals surface area contributed by atoms with Gasteiger partial charge in [0.25, 0.3) is 0 Å². The summed E-state index contributed by atoms with van der Waals surface area (Å²) < 4.78 is 5.15. The lowest BCUT2D eigenvalue weighted by molar-refractivity contribution is -0.131. The molecule has 5 nitrogen and oxygen atoms in total. The zero-order valence-electron chi connectivity index (χ0n) is 10.4. The zero-order chi connectivity index (χ0) is 13.1. The summed E-state index contributed by atoms with van der Waals surface area (Å²) in [5.74, 6) is -0.425. The second-order valence-electron chi connectivity index (χ2n) is 4.62. The van der Waals surface area contributed by atoms with Gasteiger partial charge in [-0.15, -0.1) is 0 Å². The monoisotopic (exact) mass is 251 g/mol. The van der Waals surface area contributed by atoms with Gasteiger partial charge in [0.05, 0.1) is 0 Å². The molecule has 1 saturated heterocycles. The standard InChI is InChI=1S/C13H17NO4/c1-9-10(7-11(18-9)13(16)17)8-14-6-4-2-3-5-12(14)15/h7H,2-6,8H2,1H3,(H,16,17). The molecule has 5 heteroatoms. The van der Waals surface area contributed by atoms with E-state index in [9.17, 15) is 9.59 Å². The van der Waals surface area contributed by atoms with Gasteiger partial charge in [-0.3, -0.25) is 4.79 Å². The summed E-state index contributed by atoms with van der Waals surface area (Å²) in [7, 11) is 0. The van der Waals surface area contributed by atoms with Crippen LogP contribution in [0.25, 0.3) is 0 Å². The van der Waals surface area contributed by atoms with Crippen molar-refractivity contribution in [2.75, 3.05) is 6.54 Å². The predicted octanol–water partition coefficient (Wildman–Crippen LogP) is 2.19. The van der Waals surface area contributed by atoms with Crippen LogP contribution in [0.3, 0.4) is 0 Å². The van der Waals surface area contributed by atoms with Crippen molar-refractivity contribution in [2.24, 2.45) is 0 Å². The lowest BCUT2D eigenvalue weighted by Crippen LogP contribution is -2.29. The van der Waals surface area contributed by atoms with Gasteiger partial charge in [0.1, 0.15) is 5.76 Å². The molecule has 1 aliphatic heterocycles. The van der Waals surface area contributed by atoms with E-state index in [0.29, 0.717) is 18.7 Å².